The van der Waals surface area contributed by atoms with Gasteiger partial charge in [-0.15, -0.1) is 0 Å². The second-order valence-electron chi connectivity index (χ2n) is 6.42. The van der Waals surface area contributed by atoms with Crippen LogP contribution in [0.5, 0.6) is 0 Å². The van der Waals surface area contributed by atoms with Gasteiger partial charge in [-0.2, -0.15) is 0 Å². The fourth-order valence-electron chi connectivity index (χ4n) is 3.35. The highest BCUT2D eigenvalue weighted by Crippen LogP contribution is 2.16. The van der Waals surface area contributed by atoms with E-state index in [1.54, 1.807) is 0 Å². The lowest BCUT2D eigenvalue weighted by molar-refractivity contribution is 0.109. The molecule has 0 aliphatic carbocycles. The van der Waals surface area contributed by atoms with Crippen LogP contribution in [0, 0.1) is 0 Å². The van der Waals surface area contributed by atoms with Gasteiger partial charge in [0, 0.05) is 44.8 Å². The standard InChI is InChI=1S/C20H25N3O2/c24-20(14-17-6-4-5-7-18(17)15-21-25)16-22-10-12-23(13-11-22)19-8-2-1-3-9-19/h1-9,15,20,24-25H,10-14,16H2. The molecule has 0 radical (unpaired) electrons. The van der Waals surface area contributed by atoms with Crippen molar-refractivity contribution in [1.29, 1.82) is 0 Å². The number of aliphatic hydroxyl groups is 1. The third kappa shape index (κ3) is 4.81. The van der Waals surface area contributed by atoms with Gasteiger partial charge in [0.1, 0.15) is 0 Å². The average molecular weight is 339 g/mol. The van der Waals surface area contributed by atoms with Gasteiger partial charge in [0.2, 0.25) is 0 Å². The molecule has 3 rings (SSSR count). The van der Waals surface area contributed by atoms with Crippen LogP contribution in [-0.2, 0) is 6.42 Å². The Morgan fingerprint density at radius 2 is 1.64 bits per heavy atom. The van der Waals surface area contributed by atoms with Crippen LogP contribution in [0.15, 0.2) is 59.8 Å². The van der Waals surface area contributed by atoms with E-state index < -0.39 is 6.10 Å². The Hall–Kier alpha value is -2.37. The Labute approximate surface area is 148 Å². The van der Waals surface area contributed by atoms with Crippen molar-refractivity contribution in [3.8, 4) is 0 Å². The normalized spacial score (nSPS) is 17.1. The van der Waals surface area contributed by atoms with Crippen LogP contribution >= 0.6 is 0 Å². The second kappa shape index (κ2) is 8.65. The summed E-state index contributed by atoms with van der Waals surface area (Å²) in [5.74, 6) is 0. The van der Waals surface area contributed by atoms with Crippen molar-refractivity contribution in [3.63, 3.8) is 0 Å². The molecule has 1 saturated heterocycles. The van der Waals surface area contributed by atoms with E-state index in [0.29, 0.717) is 13.0 Å². The molecule has 25 heavy (non-hydrogen) atoms. The van der Waals surface area contributed by atoms with Gasteiger partial charge in [-0.1, -0.05) is 47.6 Å². The third-order valence-corrected chi connectivity index (χ3v) is 4.67. The predicted molar refractivity (Wildman–Crippen MR) is 101 cm³/mol. The predicted octanol–water partition coefficient (Wildman–Crippen LogP) is 2.22. The van der Waals surface area contributed by atoms with Gasteiger partial charge in [-0.25, -0.2) is 0 Å². The lowest BCUT2D eigenvalue weighted by Gasteiger charge is -2.37. The molecular formula is C20H25N3O2. The van der Waals surface area contributed by atoms with E-state index in [-0.39, 0.29) is 0 Å². The van der Waals surface area contributed by atoms with E-state index in [1.165, 1.54) is 11.9 Å². The van der Waals surface area contributed by atoms with Crippen molar-refractivity contribution >= 4 is 11.9 Å². The number of β-amino-alcohol motifs (C(OH)–C–C–N with tert-alkyl or cyclic N) is 1. The highest BCUT2D eigenvalue weighted by Gasteiger charge is 2.19. The first-order valence-corrected chi connectivity index (χ1v) is 8.72. The molecule has 0 amide bonds. The zero-order valence-corrected chi connectivity index (χ0v) is 14.3. The van der Waals surface area contributed by atoms with E-state index in [2.05, 4.69) is 39.2 Å². The Balaban J connectivity index is 1.51. The van der Waals surface area contributed by atoms with Gasteiger partial charge in [-0.3, -0.25) is 4.90 Å². The molecule has 1 aliphatic rings. The van der Waals surface area contributed by atoms with Gasteiger partial charge in [-0.05, 0) is 23.3 Å². The quantitative estimate of drug-likeness (QED) is 0.481. The molecule has 2 aromatic carbocycles. The van der Waals surface area contributed by atoms with Crippen LogP contribution in [0.3, 0.4) is 0 Å². The summed E-state index contributed by atoms with van der Waals surface area (Å²) in [7, 11) is 0. The number of anilines is 1. The summed E-state index contributed by atoms with van der Waals surface area (Å²) in [6.07, 6.45) is 1.54. The Morgan fingerprint density at radius 1 is 0.960 bits per heavy atom. The van der Waals surface area contributed by atoms with Gasteiger partial charge in [0.25, 0.3) is 0 Å². The zero-order chi connectivity index (χ0) is 17.5. The number of nitrogens with zero attached hydrogens (tertiary/aromatic N) is 3. The first kappa shape index (κ1) is 17.5. The molecule has 1 heterocycles. The summed E-state index contributed by atoms with van der Waals surface area (Å²) in [6, 6.07) is 18.2. The molecular weight excluding hydrogens is 314 g/mol. The number of hydrogen-bond acceptors (Lipinski definition) is 5. The zero-order valence-electron chi connectivity index (χ0n) is 14.3. The number of aliphatic hydroxyl groups excluding tert-OH is 1. The van der Waals surface area contributed by atoms with Gasteiger partial charge in [0.05, 0.1) is 12.3 Å². The lowest BCUT2D eigenvalue weighted by atomic mass is 10.0. The molecule has 0 aromatic heterocycles. The van der Waals surface area contributed by atoms with Crippen molar-refractivity contribution in [2.75, 3.05) is 37.6 Å². The number of hydrogen-bond donors (Lipinski definition) is 2. The van der Waals surface area contributed by atoms with Gasteiger partial charge in [0.15, 0.2) is 0 Å². The monoisotopic (exact) mass is 339 g/mol. The summed E-state index contributed by atoms with van der Waals surface area (Å²) in [5, 5.41) is 22.3. The Bertz CT molecular complexity index is 682. The fourth-order valence-corrected chi connectivity index (χ4v) is 3.35. The summed E-state index contributed by atoms with van der Waals surface area (Å²) in [4.78, 5) is 4.70. The topological polar surface area (TPSA) is 59.3 Å². The van der Waals surface area contributed by atoms with Crippen molar-refractivity contribution in [1.82, 2.24) is 4.90 Å². The summed E-state index contributed by atoms with van der Waals surface area (Å²) >= 11 is 0. The number of piperazine rings is 1. The van der Waals surface area contributed by atoms with Crippen molar-refractivity contribution in [2.24, 2.45) is 5.16 Å². The second-order valence-corrected chi connectivity index (χ2v) is 6.42. The molecule has 1 atom stereocenters. The Kier molecular flexibility index (Phi) is 6.04. The highest BCUT2D eigenvalue weighted by molar-refractivity contribution is 5.81. The molecule has 0 saturated carbocycles. The van der Waals surface area contributed by atoms with Crippen LogP contribution < -0.4 is 4.90 Å². The van der Waals surface area contributed by atoms with Gasteiger partial charge < -0.3 is 15.2 Å². The SMILES string of the molecule is ON=Cc1ccccc1CC(O)CN1CCN(c2ccccc2)CC1. The lowest BCUT2D eigenvalue weighted by Crippen LogP contribution is -2.48. The van der Waals surface area contributed by atoms with E-state index in [1.807, 2.05) is 30.3 Å². The molecule has 1 unspecified atom stereocenters. The van der Waals surface area contributed by atoms with Crippen molar-refractivity contribution < 1.29 is 10.3 Å². The van der Waals surface area contributed by atoms with Gasteiger partial charge >= 0.3 is 0 Å². The summed E-state index contributed by atoms with van der Waals surface area (Å²) in [6.45, 7) is 4.51. The minimum Gasteiger partial charge on any atom is -0.411 e. The number of para-hydroxylation sites is 1. The molecule has 0 spiro atoms. The molecule has 1 fully saturated rings. The molecule has 132 valence electrons. The minimum absolute atomic E-state index is 0.434. The molecule has 2 N–H and O–H groups in total. The molecule has 5 heteroatoms. The van der Waals surface area contributed by atoms with E-state index in [9.17, 15) is 5.11 Å². The maximum Gasteiger partial charge on any atom is 0.0736 e. The molecule has 5 nitrogen and oxygen atoms in total. The highest BCUT2D eigenvalue weighted by atomic mass is 16.4. The molecule has 1 aliphatic heterocycles. The van der Waals surface area contributed by atoms with Crippen molar-refractivity contribution in [3.05, 3.63) is 65.7 Å². The van der Waals surface area contributed by atoms with Crippen LogP contribution in [-0.4, -0.2) is 60.3 Å². The van der Waals surface area contributed by atoms with E-state index >= 15 is 0 Å². The number of oxime groups is 1. The molecule has 0 bridgehead atoms. The molecule has 2 aromatic rings. The fraction of sp³-hybridized carbons (Fsp3) is 0.350. The first-order chi connectivity index (χ1) is 12.3. The Morgan fingerprint density at radius 3 is 2.36 bits per heavy atom. The minimum atomic E-state index is -0.434. The largest absolute Gasteiger partial charge is 0.411 e. The average Bonchev–Trinajstić information content (AvgIpc) is 2.65. The van der Waals surface area contributed by atoms with Crippen LogP contribution in [0.4, 0.5) is 5.69 Å². The van der Waals surface area contributed by atoms with Crippen molar-refractivity contribution in [2.45, 2.75) is 12.5 Å². The first-order valence-electron chi connectivity index (χ1n) is 8.72. The maximum absolute atomic E-state index is 10.5. The van der Waals surface area contributed by atoms with E-state index in [4.69, 9.17) is 5.21 Å². The summed E-state index contributed by atoms with van der Waals surface area (Å²) < 4.78 is 0. The van der Waals surface area contributed by atoms with Crippen LogP contribution in [0.1, 0.15) is 11.1 Å². The third-order valence-electron chi connectivity index (χ3n) is 4.67. The van der Waals surface area contributed by atoms with Crippen LogP contribution in [0.25, 0.3) is 0 Å². The smallest absolute Gasteiger partial charge is 0.0736 e. The summed E-state index contributed by atoms with van der Waals surface area (Å²) in [5.41, 5.74) is 3.11. The number of benzene rings is 2. The van der Waals surface area contributed by atoms with E-state index in [0.717, 1.165) is 37.3 Å². The van der Waals surface area contributed by atoms with Crippen LogP contribution in [0.2, 0.25) is 0 Å². The maximum atomic E-state index is 10.5. The number of rotatable bonds is 6.